The van der Waals surface area contributed by atoms with E-state index in [-0.39, 0.29) is 12.5 Å². The van der Waals surface area contributed by atoms with E-state index in [1.807, 2.05) is 19.1 Å². The van der Waals surface area contributed by atoms with E-state index < -0.39 is 11.5 Å². The minimum atomic E-state index is -1.71. The Morgan fingerprint density at radius 3 is 2.19 bits per heavy atom. The summed E-state index contributed by atoms with van der Waals surface area (Å²) in [4.78, 5) is 23.5. The normalized spacial score (nSPS) is 12.6. The van der Waals surface area contributed by atoms with Crippen LogP contribution in [0.5, 0.6) is 5.75 Å². The summed E-state index contributed by atoms with van der Waals surface area (Å²) in [6.07, 6.45) is 1.17. The van der Waals surface area contributed by atoms with E-state index in [2.05, 4.69) is 17.2 Å². The van der Waals surface area contributed by atoms with Crippen molar-refractivity contribution in [3.8, 4) is 5.75 Å². The molecule has 0 fully saturated rings. The van der Waals surface area contributed by atoms with Crippen LogP contribution in [0, 0.1) is 6.92 Å². The van der Waals surface area contributed by atoms with E-state index in [1.54, 1.807) is 36.4 Å². The van der Waals surface area contributed by atoms with Gasteiger partial charge in [0.1, 0.15) is 12.4 Å². The van der Waals surface area contributed by atoms with Gasteiger partial charge in [-0.15, -0.1) is 0 Å². The number of hydrogen-bond donors (Lipinski definition) is 3. The van der Waals surface area contributed by atoms with Crippen molar-refractivity contribution >= 4 is 23.2 Å². The van der Waals surface area contributed by atoms with E-state index >= 15 is 0 Å². The van der Waals surface area contributed by atoms with Gasteiger partial charge in [0, 0.05) is 11.4 Å². The zero-order valence-corrected chi connectivity index (χ0v) is 14.8. The summed E-state index contributed by atoms with van der Waals surface area (Å²) in [5, 5.41) is 15.6. The molecule has 0 radical (unpaired) electrons. The fourth-order valence-corrected chi connectivity index (χ4v) is 2.02. The lowest BCUT2D eigenvalue weighted by Crippen LogP contribution is -2.45. The SMILES string of the molecule is C=CC(=O)Nc1ccc(OC[C@](C)(O)C(=O)Nc2ccc(C)cc2)cc1. The Balaban J connectivity index is 1.91. The van der Waals surface area contributed by atoms with Crippen molar-refractivity contribution in [3.05, 3.63) is 66.7 Å². The molecule has 2 amide bonds. The van der Waals surface area contributed by atoms with Gasteiger partial charge in [-0.25, -0.2) is 0 Å². The molecule has 0 aliphatic rings. The standard InChI is InChI=1S/C20H22N2O4/c1-4-18(23)21-15-9-11-17(12-10-15)26-13-20(3,25)19(24)22-16-7-5-14(2)6-8-16/h4-12,25H,1,13H2,2-3H3,(H,21,23)(H,22,24)/t20-/m0/s1. The van der Waals surface area contributed by atoms with Gasteiger partial charge in [0.15, 0.2) is 5.60 Å². The quantitative estimate of drug-likeness (QED) is 0.667. The Kier molecular flexibility index (Phi) is 6.14. The maximum absolute atomic E-state index is 12.3. The molecule has 6 nitrogen and oxygen atoms in total. The largest absolute Gasteiger partial charge is 0.490 e. The van der Waals surface area contributed by atoms with Gasteiger partial charge in [0.25, 0.3) is 5.91 Å². The third-order valence-corrected chi connectivity index (χ3v) is 3.63. The topological polar surface area (TPSA) is 87.7 Å². The lowest BCUT2D eigenvalue weighted by atomic mass is 10.1. The molecule has 0 spiro atoms. The number of rotatable bonds is 7. The van der Waals surface area contributed by atoms with Crippen LogP contribution in [0.3, 0.4) is 0 Å². The molecule has 0 aromatic heterocycles. The number of ether oxygens (including phenoxy) is 1. The smallest absolute Gasteiger partial charge is 0.259 e. The summed E-state index contributed by atoms with van der Waals surface area (Å²) in [5.74, 6) is -0.407. The zero-order valence-electron chi connectivity index (χ0n) is 14.8. The first kappa shape index (κ1) is 19.2. The summed E-state index contributed by atoms with van der Waals surface area (Å²) < 4.78 is 5.49. The van der Waals surface area contributed by atoms with Gasteiger partial charge in [-0.2, -0.15) is 0 Å². The highest BCUT2D eigenvalue weighted by Gasteiger charge is 2.31. The van der Waals surface area contributed by atoms with Gasteiger partial charge in [-0.05, 0) is 56.3 Å². The number of aliphatic hydroxyl groups is 1. The zero-order chi connectivity index (χ0) is 19.2. The molecule has 0 saturated carbocycles. The van der Waals surface area contributed by atoms with Crippen LogP contribution in [-0.2, 0) is 9.59 Å². The average Bonchev–Trinajstić information content (AvgIpc) is 2.63. The van der Waals surface area contributed by atoms with Crippen LogP contribution >= 0.6 is 0 Å². The minimum absolute atomic E-state index is 0.219. The van der Waals surface area contributed by atoms with E-state index in [4.69, 9.17) is 4.74 Å². The Bertz CT molecular complexity index is 780. The summed E-state index contributed by atoms with van der Waals surface area (Å²) in [7, 11) is 0. The van der Waals surface area contributed by atoms with Crippen LogP contribution in [0.25, 0.3) is 0 Å². The number of carbonyl (C=O) groups is 2. The fourth-order valence-electron chi connectivity index (χ4n) is 2.02. The maximum atomic E-state index is 12.3. The van der Waals surface area contributed by atoms with Crippen LogP contribution < -0.4 is 15.4 Å². The Morgan fingerprint density at radius 1 is 1.08 bits per heavy atom. The second-order valence-corrected chi connectivity index (χ2v) is 6.10. The number of aryl methyl sites for hydroxylation is 1. The Labute approximate surface area is 152 Å². The monoisotopic (exact) mass is 354 g/mol. The molecule has 2 aromatic carbocycles. The first-order chi connectivity index (χ1) is 12.3. The molecule has 0 saturated heterocycles. The highest BCUT2D eigenvalue weighted by molar-refractivity contribution is 5.99. The Hall–Kier alpha value is -3.12. The molecule has 26 heavy (non-hydrogen) atoms. The minimum Gasteiger partial charge on any atom is -0.490 e. The van der Waals surface area contributed by atoms with Gasteiger partial charge in [0.05, 0.1) is 0 Å². The van der Waals surface area contributed by atoms with Crippen LogP contribution in [-0.4, -0.2) is 29.1 Å². The third kappa shape index (κ3) is 5.46. The van der Waals surface area contributed by atoms with Crippen molar-refractivity contribution in [1.82, 2.24) is 0 Å². The van der Waals surface area contributed by atoms with Crippen molar-refractivity contribution in [3.63, 3.8) is 0 Å². The molecule has 2 rings (SSSR count). The van der Waals surface area contributed by atoms with Crippen molar-refractivity contribution in [2.45, 2.75) is 19.4 Å². The van der Waals surface area contributed by atoms with E-state index in [0.717, 1.165) is 5.56 Å². The van der Waals surface area contributed by atoms with Crippen LogP contribution in [0.4, 0.5) is 11.4 Å². The molecule has 0 aliphatic carbocycles. The molecular formula is C20H22N2O4. The Morgan fingerprint density at radius 2 is 1.62 bits per heavy atom. The molecule has 1 atom stereocenters. The van der Waals surface area contributed by atoms with Crippen LogP contribution in [0.2, 0.25) is 0 Å². The van der Waals surface area contributed by atoms with Gasteiger partial charge in [-0.1, -0.05) is 24.3 Å². The molecule has 6 heteroatoms. The first-order valence-electron chi connectivity index (χ1n) is 8.07. The molecule has 2 aromatic rings. The summed E-state index contributed by atoms with van der Waals surface area (Å²) in [6, 6.07) is 13.8. The van der Waals surface area contributed by atoms with Gasteiger partial charge >= 0.3 is 0 Å². The van der Waals surface area contributed by atoms with E-state index in [0.29, 0.717) is 17.1 Å². The highest BCUT2D eigenvalue weighted by Crippen LogP contribution is 2.18. The van der Waals surface area contributed by atoms with Crippen molar-refractivity contribution in [2.75, 3.05) is 17.2 Å². The highest BCUT2D eigenvalue weighted by atomic mass is 16.5. The predicted molar refractivity (Wildman–Crippen MR) is 101 cm³/mol. The number of amides is 2. The second kappa shape index (κ2) is 8.31. The van der Waals surface area contributed by atoms with Crippen molar-refractivity contribution in [2.24, 2.45) is 0 Å². The van der Waals surface area contributed by atoms with E-state index in [9.17, 15) is 14.7 Å². The maximum Gasteiger partial charge on any atom is 0.259 e. The van der Waals surface area contributed by atoms with Gasteiger partial charge in [0.2, 0.25) is 5.91 Å². The summed E-state index contributed by atoms with van der Waals surface area (Å²) in [5.41, 5.74) is 0.556. The van der Waals surface area contributed by atoms with Crippen LogP contribution in [0.15, 0.2) is 61.2 Å². The molecule has 0 unspecified atom stereocenters. The molecular weight excluding hydrogens is 332 g/mol. The van der Waals surface area contributed by atoms with Gasteiger partial charge < -0.3 is 20.5 Å². The summed E-state index contributed by atoms with van der Waals surface area (Å²) in [6.45, 7) is 6.49. The molecule has 136 valence electrons. The molecule has 0 heterocycles. The first-order valence-corrected chi connectivity index (χ1v) is 8.07. The lowest BCUT2D eigenvalue weighted by Gasteiger charge is -2.22. The fraction of sp³-hybridized carbons (Fsp3) is 0.200. The van der Waals surface area contributed by atoms with Crippen LogP contribution in [0.1, 0.15) is 12.5 Å². The number of carbonyl (C=O) groups excluding carboxylic acids is 2. The van der Waals surface area contributed by atoms with Gasteiger partial charge in [-0.3, -0.25) is 9.59 Å². The number of anilines is 2. The lowest BCUT2D eigenvalue weighted by molar-refractivity contribution is -0.135. The predicted octanol–water partition coefficient (Wildman–Crippen LogP) is 2.89. The average molecular weight is 354 g/mol. The summed E-state index contributed by atoms with van der Waals surface area (Å²) >= 11 is 0. The third-order valence-electron chi connectivity index (χ3n) is 3.63. The number of hydrogen-bond acceptors (Lipinski definition) is 4. The van der Waals surface area contributed by atoms with Crippen molar-refractivity contribution < 1.29 is 19.4 Å². The second-order valence-electron chi connectivity index (χ2n) is 6.10. The number of nitrogens with one attached hydrogen (secondary N) is 2. The molecule has 3 N–H and O–H groups in total. The molecule has 0 aliphatic heterocycles. The molecule has 0 bridgehead atoms. The van der Waals surface area contributed by atoms with Crippen molar-refractivity contribution in [1.29, 1.82) is 0 Å². The van der Waals surface area contributed by atoms with E-state index in [1.165, 1.54) is 13.0 Å². The number of benzene rings is 2.